The predicted molar refractivity (Wildman–Crippen MR) is 176 cm³/mol. The molecule has 0 aliphatic rings. The molecule has 0 saturated heterocycles. The Bertz CT molecular complexity index is 2150. The molecule has 4 aromatic carbocycles. The monoisotopic (exact) mass is 550 g/mol. The molecule has 0 aliphatic carbocycles. The van der Waals surface area contributed by atoms with E-state index in [4.69, 9.17) is 9.97 Å². The number of benzene rings is 4. The van der Waals surface area contributed by atoms with Crippen LogP contribution in [0.15, 0.2) is 158 Å². The minimum Gasteiger partial charge on any atom is -0.294 e. The zero-order valence-corrected chi connectivity index (χ0v) is 23.3. The summed E-state index contributed by atoms with van der Waals surface area (Å²) in [5.41, 5.74) is 11.4. The highest BCUT2D eigenvalue weighted by Crippen LogP contribution is 2.34. The summed E-state index contributed by atoms with van der Waals surface area (Å²) < 4.78 is 2.23. The first-order valence-electron chi connectivity index (χ1n) is 14.4. The molecule has 0 saturated carbocycles. The van der Waals surface area contributed by atoms with Crippen LogP contribution >= 0.6 is 0 Å². The van der Waals surface area contributed by atoms with Gasteiger partial charge in [-0.15, -0.1) is 0 Å². The van der Waals surface area contributed by atoms with E-state index in [-0.39, 0.29) is 0 Å². The molecule has 4 heteroatoms. The van der Waals surface area contributed by atoms with Gasteiger partial charge in [-0.1, -0.05) is 91.0 Å². The summed E-state index contributed by atoms with van der Waals surface area (Å²) in [6.45, 7) is 0. The molecule has 0 amide bonds. The Hall–Kier alpha value is -5.87. The van der Waals surface area contributed by atoms with Crippen LogP contribution < -0.4 is 0 Å². The van der Waals surface area contributed by atoms with E-state index in [9.17, 15) is 0 Å². The van der Waals surface area contributed by atoms with Gasteiger partial charge in [0.05, 0.1) is 22.6 Å². The van der Waals surface area contributed by atoms with E-state index in [2.05, 4.69) is 125 Å². The summed E-state index contributed by atoms with van der Waals surface area (Å²) in [4.78, 5) is 14.4. The van der Waals surface area contributed by atoms with Crippen LogP contribution in [0.1, 0.15) is 0 Å². The number of pyridine rings is 3. The number of hydrogen-bond donors (Lipinski definition) is 0. The normalized spacial score (nSPS) is 11.3. The number of nitrogens with zero attached hydrogens (tertiary/aromatic N) is 4. The molecule has 43 heavy (non-hydrogen) atoms. The van der Waals surface area contributed by atoms with Gasteiger partial charge >= 0.3 is 0 Å². The van der Waals surface area contributed by atoms with Gasteiger partial charge in [-0.2, -0.15) is 0 Å². The van der Waals surface area contributed by atoms with Crippen molar-refractivity contribution < 1.29 is 0 Å². The molecule has 0 bridgehead atoms. The number of aromatic nitrogens is 4. The fourth-order valence-electron chi connectivity index (χ4n) is 5.81. The summed E-state index contributed by atoms with van der Waals surface area (Å²) in [5.74, 6) is 0. The molecule has 4 heterocycles. The van der Waals surface area contributed by atoms with Crippen molar-refractivity contribution in [2.45, 2.75) is 0 Å². The van der Waals surface area contributed by atoms with E-state index < -0.39 is 0 Å². The maximum atomic E-state index is 5.08. The topological polar surface area (TPSA) is 43.6 Å². The minimum absolute atomic E-state index is 0.843. The van der Waals surface area contributed by atoms with Gasteiger partial charge in [-0.25, -0.2) is 9.97 Å². The summed E-state index contributed by atoms with van der Waals surface area (Å²) in [5, 5.41) is 2.34. The van der Waals surface area contributed by atoms with Gasteiger partial charge in [0.2, 0.25) is 0 Å². The van der Waals surface area contributed by atoms with Crippen LogP contribution in [0, 0.1) is 0 Å². The number of para-hydroxylation sites is 1. The lowest BCUT2D eigenvalue weighted by Gasteiger charge is -2.12. The third-order valence-electron chi connectivity index (χ3n) is 7.93. The third kappa shape index (κ3) is 4.55. The van der Waals surface area contributed by atoms with Crippen molar-refractivity contribution in [3.63, 3.8) is 0 Å². The van der Waals surface area contributed by atoms with Crippen molar-refractivity contribution >= 4 is 21.9 Å². The maximum absolute atomic E-state index is 5.08. The van der Waals surface area contributed by atoms with Crippen molar-refractivity contribution in [3.05, 3.63) is 158 Å². The zero-order valence-electron chi connectivity index (χ0n) is 23.3. The lowest BCUT2D eigenvalue weighted by atomic mass is 9.98. The predicted octanol–water partition coefficient (Wildman–Crippen LogP) is 9.64. The molecular weight excluding hydrogens is 524 g/mol. The van der Waals surface area contributed by atoms with E-state index in [0.29, 0.717) is 0 Å². The van der Waals surface area contributed by atoms with Crippen LogP contribution in [-0.2, 0) is 0 Å². The Morgan fingerprint density at radius 2 is 1.02 bits per heavy atom. The smallest absolute Gasteiger partial charge is 0.145 e. The van der Waals surface area contributed by atoms with Gasteiger partial charge in [0.15, 0.2) is 0 Å². The Kier molecular flexibility index (Phi) is 6.08. The largest absolute Gasteiger partial charge is 0.294 e. The highest BCUT2D eigenvalue weighted by atomic mass is 15.0. The molecule has 0 atom stereocenters. The summed E-state index contributed by atoms with van der Waals surface area (Å²) in [7, 11) is 0. The first kappa shape index (κ1) is 24.9. The molecule has 0 N–H and O–H groups in total. The van der Waals surface area contributed by atoms with Crippen molar-refractivity contribution in [2.24, 2.45) is 0 Å². The quantitative estimate of drug-likeness (QED) is 0.214. The van der Waals surface area contributed by atoms with Gasteiger partial charge in [0.25, 0.3) is 0 Å². The Morgan fingerprint density at radius 3 is 1.81 bits per heavy atom. The van der Waals surface area contributed by atoms with Gasteiger partial charge < -0.3 is 0 Å². The molecule has 0 radical (unpaired) electrons. The molecule has 202 valence electrons. The van der Waals surface area contributed by atoms with E-state index in [0.717, 1.165) is 56.0 Å². The number of rotatable bonds is 5. The fourth-order valence-corrected chi connectivity index (χ4v) is 5.81. The molecule has 4 nitrogen and oxygen atoms in total. The standard InChI is InChI=1S/C39H26N4/c1-2-9-27(10-3-1)28-15-17-29(18-16-28)31-25-36(42-37(26-31)35-13-6-7-23-40-35)30-19-21-32(22-20-30)43-38-14-5-4-11-33(38)34-12-8-24-41-39(34)43/h1-26H. The average molecular weight is 551 g/mol. The molecule has 8 aromatic rings. The second-order valence-corrected chi connectivity index (χ2v) is 10.6. The molecule has 0 aliphatic heterocycles. The van der Waals surface area contributed by atoms with Crippen LogP contribution in [0.5, 0.6) is 0 Å². The van der Waals surface area contributed by atoms with Gasteiger partial charge in [0.1, 0.15) is 5.65 Å². The lowest BCUT2D eigenvalue weighted by molar-refractivity contribution is 1.13. The second kappa shape index (κ2) is 10.5. The van der Waals surface area contributed by atoms with Crippen LogP contribution in [0.2, 0.25) is 0 Å². The summed E-state index contributed by atoms with van der Waals surface area (Å²) >= 11 is 0. The highest BCUT2D eigenvalue weighted by molar-refractivity contribution is 6.07. The Labute approximate surface area is 249 Å². The van der Waals surface area contributed by atoms with Crippen LogP contribution in [-0.4, -0.2) is 19.5 Å². The van der Waals surface area contributed by atoms with Crippen molar-refractivity contribution in [1.29, 1.82) is 0 Å². The molecule has 8 rings (SSSR count). The third-order valence-corrected chi connectivity index (χ3v) is 7.93. The first-order chi connectivity index (χ1) is 21.3. The maximum Gasteiger partial charge on any atom is 0.145 e. The number of hydrogen-bond acceptors (Lipinski definition) is 3. The van der Waals surface area contributed by atoms with Crippen molar-refractivity contribution in [1.82, 2.24) is 19.5 Å². The molecule has 0 spiro atoms. The Morgan fingerprint density at radius 1 is 0.395 bits per heavy atom. The van der Waals surface area contributed by atoms with Crippen LogP contribution in [0.4, 0.5) is 0 Å². The highest BCUT2D eigenvalue weighted by Gasteiger charge is 2.14. The molecule has 0 fully saturated rings. The van der Waals surface area contributed by atoms with E-state index >= 15 is 0 Å². The van der Waals surface area contributed by atoms with Crippen molar-refractivity contribution in [3.8, 4) is 50.6 Å². The first-order valence-corrected chi connectivity index (χ1v) is 14.4. The lowest BCUT2D eigenvalue weighted by Crippen LogP contribution is -1.96. The van der Waals surface area contributed by atoms with E-state index in [1.165, 1.54) is 16.5 Å². The summed E-state index contributed by atoms with van der Waals surface area (Å²) in [6.07, 6.45) is 3.67. The average Bonchev–Trinajstić information content (AvgIpc) is 3.43. The Balaban J connectivity index is 1.22. The van der Waals surface area contributed by atoms with Gasteiger partial charge in [-0.3, -0.25) is 9.55 Å². The van der Waals surface area contributed by atoms with Gasteiger partial charge in [-0.05, 0) is 76.9 Å². The molecule has 0 unspecified atom stereocenters. The van der Waals surface area contributed by atoms with Gasteiger partial charge in [0, 0.05) is 34.4 Å². The van der Waals surface area contributed by atoms with Crippen LogP contribution in [0.25, 0.3) is 72.5 Å². The fraction of sp³-hybridized carbons (Fsp3) is 0. The molecular formula is C39H26N4. The summed E-state index contributed by atoms with van der Waals surface area (Å²) in [6, 6.07) is 50.6. The van der Waals surface area contributed by atoms with E-state index in [1.807, 2.05) is 42.7 Å². The second-order valence-electron chi connectivity index (χ2n) is 10.6. The zero-order chi connectivity index (χ0) is 28.6. The van der Waals surface area contributed by atoms with Crippen molar-refractivity contribution in [2.75, 3.05) is 0 Å². The van der Waals surface area contributed by atoms with Crippen LogP contribution in [0.3, 0.4) is 0 Å². The minimum atomic E-state index is 0.843. The number of fused-ring (bicyclic) bond motifs is 3. The molecule has 4 aromatic heterocycles. The van der Waals surface area contributed by atoms with E-state index in [1.54, 1.807) is 0 Å². The SMILES string of the molecule is c1ccc(-c2ccc(-c3cc(-c4ccc(-n5c6ccccc6c6cccnc65)cc4)nc(-c4ccccn4)c3)cc2)cc1.